The van der Waals surface area contributed by atoms with E-state index in [2.05, 4.69) is 11.4 Å². The standard InChI is InChI=1S/C26H28N4O3/c1-17(2)13-20(23(31)29(3)18-9-5-4-6-10-18)24(32)30-16-26(14-19(30)15-27)21-11-7-8-12-22(21)28-25(26)33/h4-12,17,19-20H,13-14,16H2,1-3H3,(H,28,33)/t19?,20?,26-/m0/s1. The van der Waals surface area contributed by atoms with Gasteiger partial charge in [0.15, 0.2) is 0 Å². The number of para-hydroxylation sites is 2. The van der Waals surface area contributed by atoms with E-state index in [1.807, 2.05) is 68.4 Å². The van der Waals surface area contributed by atoms with Gasteiger partial charge in [0.2, 0.25) is 17.7 Å². The van der Waals surface area contributed by atoms with Crippen LogP contribution >= 0.6 is 0 Å². The lowest BCUT2D eigenvalue weighted by atomic mass is 9.80. The first-order valence-electron chi connectivity index (χ1n) is 11.2. The summed E-state index contributed by atoms with van der Waals surface area (Å²) >= 11 is 0. The maximum Gasteiger partial charge on any atom is 0.239 e. The van der Waals surface area contributed by atoms with Crippen molar-refractivity contribution in [3.05, 3.63) is 60.2 Å². The number of nitriles is 1. The van der Waals surface area contributed by atoms with E-state index in [0.29, 0.717) is 17.8 Å². The molecule has 3 amide bonds. The average molecular weight is 445 g/mol. The van der Waals surface area contributed by atoms with Crippen LogP contribution in [-0.4, -0.2) is 42.3 Å². The van der Waals surface area contributed by atoms with E-state index in [1.54, 1.807) is 7.05 Å². The fourth-order valence-electron chi connectivity index (χ4n) is 4.98. The quantitative estimate of drug-likeness (QED) is 0.716. The second-order valence-electron chi connectivity index (χ2n) is 9.31. The topological polar surface area (TPSA) is 93.5 Å². The molecule has 0 saturated carbocycles. The molecule has 2 heterocycles. The zero-order valence-corrected chi connectivity index (χ0v) is 19.1. The molecule has 2 aromatic carbocycles. The van der Waals surface area contributed by atoms with Gasteiger partial charge in [-0.2, -0.15) is 5.26 Å². The first-order valence-corrected chi connectivity index (χ1v) is 11.2. The molecule has 3 atom stereocenters. The van der Waals surface area contributed by atoms with E-state index in [9.17, 15) is 19.6 Å². The molecule has 7 nitrogen and oxygen atoms in total. The lowest BCUT2D eigenvalue weighted by Crippen LogP contribution is -2.47. The van der Waals surface area contributed by atoms with Crippen molar-refractivity contribution in [2.24, 2.45) is 11.8 Å². The fourth-order valence-corrected chi connectivity index (χ4v) is 4.98. The van der Waals surface area contributed by atoms with Crippen molar-refractivity contribution < 1.29 is 14.4 Å². The molecule has 4 rings (SSSR count). The number of nitrogens with one attached hydrogen (secondary N) is 1. The summed E-state index contributed by atoms with van der Waals surface area (Å²) in [7, 11) is 1.66. The molecule has 33 heavy (non-hydrogen) atoms. The van der Waals surface area contributed by atoms with Gasteiger partial charge >= 0.3 is 0 Å². The molecule has 2 aromatic rings. The molecule has 0 aromatic heterocycles. The van der Waals surface area contributed by atoms with E-state index in [-0.39, 0.29) is 30.7 Å². The Kier molecular flexibility index (Phi) is 5.94. The summed E-state index contributed by atoms with van der Waals surface area (Å²) in [4.78, 5) is 43.2. The second-order valence-corrected chi connectivity index (χ2v) is 9.31. The highest BCUT2D eigenvalue weighted by molar-refractivity contribution is 6.10. The number of amides is 3. The first-order chi connectivity index (χ1) is 15.8. The average Bonchev–Trinajstić information content (AvgIpc) is 3.35. The molecule has 1 fully saturated rings. The number of carbonyl (C=O) groups is 3. The molecule has 0 aliphatic carbocycles. The number of hydrogen-bond acceptors (Lipinski definition) is 4. The van der Waals surface area contributed by atoms with Crippen LogP contribution in [0.1, 0.15) is 32.3 Å². The van der Waals surface area contributed by atoms with Crippen LogP contribution in [0.2, 0.25) is 0 Å². The SMILES string of the molecule is CC(C)CC(C(=O)N(C)c1ccccc1)C(=O)N1C[C@]2(CC1C#N)C(=O)Nc1ccccc12. The monoisotopic (exact) mass is 444 g/mol. The summed E-state index contributed by atoms with van der Waals surface area (Å²) in [5, 5.41) is 12.8. The minimum Gasteiger partial charge on any atom is -0.325 e. The van der Waals surface area contributed by atoms with Crippen LogP contribution in [0.15, 0.2) is 54.6 Å². The predicted molar refractivity (Wildman–Crippen MR) is 125 cm³/mol. The van der Waals surface area contributed by atoms with E-state index in [1.165, 1.54) is 9.80 Å². The van der Waals surface area contributed by atoms with Crippen LogP contribution in [0.3, 0.4) is 0 Å². The van der Waals surface area contributed by atoms with Gasteiger partial charge in [-0.1, -0.05) is 50.2 Å². The van der Waals surface area contributed by atoms with Crippen molar-refractivity contribution in [2.75, 3.05) is 23.8 Å². The number of nitrogens with zero attached hydrogens (tertiary/aromatic N) is 3. The Labute approximate surface area is 194 Å². The van der Waals surface area contributed by atoms with Gasteiger partial charge < -0.3 is 15.1 Å². The molecule has 1 spiro atoms. The summed E-state index contributed by atoms with van der Waals surface area (Å²) in [5.41, 5.74) is 1.25. The Bertz CT molecular complexity index is 1120. The van der Waals surface area contributed by atoms with E-state index in [0.717, 1.165) is 5.56 Å². The van der Waals surface area contributed by atoms with Crippen LogP contribution < -0.4 is 10.2 Å². The highest BCUT2D eigenvalue weighted by Gasteiger charge is 2.56. The van der Waals surface area contributed by atoms with Gasteiger partial charge in [0.1, 0.15) is 12.0 Å². The number of rotatable bonds is 5. The first kappa shape index (κ1) is 22.5. The van der Waals surface area contributed by atoms with Gasteiger partial charge in [0, 0.05) is 31.4 Å². The summed E-state index contributed by atoms with van der Waals surface area (Å²) < 4.78 is 0. The molecule has 0 bridgehead atoms. The van der Waals surface area contributed by atoms with Crippen molar-refractivity contribution in [1.29, 1.82) is 5.26 Å². The maximum atomic E-state index is 13.8. The predicted octanol–water partition coefficient (Wildman–Crippen LogP) is 3.33. The molecule has 2 aliphatic heterocycles. The Morgan fingerprint density at radius 3 is 2.52 bits per heavy atom. The lowest BCUT2D eigenvalue weighted by Gasteiger charge is -2.29. The summed E-state index contributed by atoms with van der Waals surface area (Å²) in [6, 6.07) is 18.0. The zero-order valence-electron chi connectivity index (χ0n) is 19.1. The van der Waals surface area contributed by atoms with Crippen LogP contribution in [0.25, 0.3) is 0 Å². The summed E-state index contributed by atoms with van der Waals surface area (Å²) in [5.74, 6) is -1.74. The van der Waals surface area contributed by atoms with Gasteiger partial charge in [0.25, 0.3) is 0 Å². The third kappa shape index (κ3) is 3.86. The van der Waals surface area contributed by atoms with Crippen LogP contribution in [0.5, 0.6) is 0 Å². The summed E-state index contributed by atoms with van der Waals surface area (Å²) in [6.45, 7) is 4.01. The highest BCUT2D eigenvalue weighted by Crippen LogP contribution is 2.46. The van der Waals surface area contributed by atoms with Crippen molar-refractivity contribution in [2.45, 2.75) is 38.1 Å². The molecule has 2 unspecified atom stereocenters. The van der Waals surface area contributed by atoms with Crippen molar-refractivity contribution in [1.82, 2.24) is 4.90 Å². The van der Waals surface area contributed by atoms with Crippen molar-refractivity contribution in [3.8, 4) is 6.07 Å². The minimum absolute atomic E-state index is 0.0871. The molecule has 170 valence electrons. The molecule has 1 saturated heterocycles. The van der Waals surface area contributed by atoms with Gasteiger partial charge in [-0.15, -0.1) is 0 Å². The number of hydrogen-bond donors (Lipinski definition) is 1. The van der Waals surface area contributed by atoms with Crippen LogP contribution in [-0.2, 0) is 19.8 Å². The molecule has 7 heteroatoms. The van der Waals surface area contributed by atoms with Crippen LogP contribution in [0.4, 0.5) is 11.4 Å². The third-order valence-corrected chi connectivity index (χ3v) is 6.69. The molecule has 2 aliphatic rings. The number of anilines is 2. The van der Waals surface area contributed by atoms with Gasteiger partial charge in [-0.05, 0) is 36.1 Å². The molecular formula is C26H28N4O3. The van der Waals surface area contributed by atoms with Gasteiger partial charge in [0.05, 0.1) is 11.5 Å². The van der Waals surface area contributed by atoms with Gasteiger partial charge in [-0.3, -0.25) is 14.4 Å². The van der Waals surface area contributed by atoms with Crippen molar-refractivity contribution in [3.63, 3.8) is 0 Å². The second kappa shape index (κ2) is 8.70. The molecule has 0 radical (unpaired) electrons. The number of likely N-dealkylation sites (tertiary alicyclic amines) is 1. The third-order valence-electron chi connectivity index (χ3n) is 6.69. The summed E-state index contributed by atoms with van der Waals surface area (Å²) in [6.07, 6.45) is 0.578. The van der Waals surface area contributed by atoms with E-state index < -0.39 is 23.3 Å². The highest BCUT2D eigenvalue weighted by atomic mass is 16.2. The number of benzene rings is 2. The fraction of sp³-hybridized carbons (Fsp3) is 0.385. The Balaban J connectivity index is 1.66. The number of fused-ring (bicyclic) bond motifs is 2. The molecular weight excluding hydrogens is 416 g/mol. The maximum absolute atomic E-state index is 13.8. The van der Waals surface area contributed by atoms with Gasteiger partial charge in [-0.25, -0.2) is 0 Å². The van der Waals surface area contributed by atoms with Crippen molar-refractivity contribution >= 4 is 29.1 Å². The van der Waals surface area contributed by atoms with E-state index in [4.69, 9.17) is 0 Å². The van der Waals surface area contributed by atoms with Crippen LogP contribution in [0, 0.1) is 23.2 Å². The normalized spacial score (nSPS) is 22.1. The Morgan fingerprint density at radius 1 is 1.18 bits per heavy atom. The Hall–Kier alpha value is -3.66. The Morgan fingerprint density at radius 2 is 1.85 bits per heavy atom. The zero-order chi connectivity index (χ0) is 23.8. The smallest absolute Gasteiger partial charge is 0.239 e. The molecule has 1 N–H and O–H groups in total. The van der Waals surface area contributed by atoms with E-state index >= 15 is 0 Å². The lowest BCUT2D eigenvalue weighted by molar-refractivity contribution is -0.142. The minimum atomic E-state index is -0.969. The number of carbonyl (C=O) groups excluding carboxylic acids is 3. The largest absolute Gasteiger partial charge is 0.325 e.